The molecule has 2 amide bonds. The number of imide groups is 1. The van der Waals surface area contributed by atoms with Gasteiger partial charge in [0.2, 0.25) is 0 Å². The van der Waals surface area contributed by atoms with Gasteiger partial charge in [-0.2, -0.15) is 0 Å². The van der Waals surface area contributed by atoms with Crippen molar-refractivity contribution in [1.82, 2.24) is 4.90 Å². The highest BCUT2D eigenvalue weighted by Gasteiger charge is 2.36. The lowest BCUT2D eigenvalue weighted by atomic mass is 10.1. The first-order chi connectivity index (χ1) is 16.4. The maximum Gasteiger partial charge on any atom is 0.293 e. The zero-order valence-electron chi connectivity index (χ0n) is 18.2. The van der Waals surface area contributed by atoms with Crippen molar-refractivity contribution in [3.63, 3.8) is 0 Å². The van der Waals surface area contributed by atoms with E-state index in [2.05, 4.69) is 0 Å². The number of hydrogen-bond donors (Lipinski definition) is 0. The lowest BCUT2D eigenvalue weighted by molar-refractivity contribution is -0.122. The first-order valence-corrected chi connectivity index (χ1v) is 11.5. The van der Waals surface area contributed by atoms with Crippen molar-refractivity contribution in [2.75, 3.05) is 13.7 Å². The monoisotopic (exact) mass is 493 g/mol. The van der Waals surface area contributed by atoms with Crippen LogP contribution < -0.4 is 9.47 Å². The maximum absolute atomic E-state index is 12.8. The molecular weight excluding hydrogens is 474 g/mol. The summed E-state index contributed by atoms with van der Waals surface area (Å²) in [5, 5.41) is 0.176. The van der Waals surface area contributed by atoms with Gasteiger partial charge in [0.15, 0.2) is 17.3 Å². The Balaban J connectivity index is 1.46. The number of benzene rings is 3. The third kappa shape index (κ3) is 5.50. The molecular formula is C26H20ClNO5S. The van der Waals surface area contributed by atoms with Crippen LogP contribution in [-0.2, 0) is 11.4 Å². The molecule has 8 heteroatoms. The average Bonchev–Trinajstić information content (AvgIpc) is 3.11. The highest BCUT2D eigenvalue weighted by Crippen LogP contribution is 2.35. The highest BCUT2D eigenvalue weighted by atomic mass is 35.5. The van der Waals surface area contributed by atoms with E-state index in [9.17, 15) is 14.4 Å². The standard InChI is InChI=1S/C26H20ClNO5S/c1-32-23-13-18(9-12-22(23)33-16-17-7-10-20(27)11-8-17)14-24-25(30)28(26(31)34-24)15-21(29)19-5-3-2-4-6-19/h2-14H,15-16H2,1H3/b24-14+. The Morgan fingerprint density at radius 2 is 1.74 bits per heavy atom. The summed E-state index contributed by atoms with van der Waals surface area (Å²) in [4.78, 5) is 38.8. The molecule has 1 aliphatic rings. The molecule has 0 spiro atoms. The number of thioether (sulfide) groups is 1. The molecule has 1 aliphatic heterocycles. The minimum Gasteiger partial charge on any atom is -0.493 e. The van der Waals surface area contributed by atoms with Crippen molar-refractivity contribution in [3.05, 3.63) is 99.4 Å². The topological polar surface area (TPSA) is 72.9 Å². The summed E-state index contributed by atoms with van der Waals surface area (Å²) in [6, 6.07) is 21.1. The predicted octanol–water partition coefficient (Wildman–Crippen LogP) is 5.85. The fourth-order valence-electron chi connectivity index (χ4n) is 3.28. The molecule has 0 unspecified atom stereocenters. The van der Waals surface area contributed by atoms with E-state index in [0.717, 1.165) is 22.2 Å². The van der Waals surface area contributed by atoms with E-state index in [1.807, 2.05) is 12.1 Å². The largest absolute Gasteiger partial charge is 0.493 e. The quantitative estimate of drug-likeness (QED) is 0.289. The average molecular weight is 494 g/mol. The van der Waals surface area contributed by atoms with Gasteiger partial charge in [0, 0.05) is 10.6 Å². The molecule has 0 aliphatic carbocycles. The number of carbonyl (C=O) groups excluding carboxylic acids is 3. The molecule has 3 aromatic rings. The highest BCUT2D eigenvalue weighted by molar-refractivity contribution is 8.18. The lowest BCUT2D eigenvalue weighted by Crippen LogP contribution is -2.33. The van der Waals surface area contributed by atoms with Crippen molar-refractivity contribution in [2.45, 2.75) is 6.61 Å². The Labute approximate surface area is 206 Å². The van der Waals surface area contributed by atoms with Crippen LogP contribution in [0.25, 0.3) is 6.08 Å². The summed E-state index contributed by atoms with van der Waals surface area (Å²) in [5.74, 6) is 0.228. The fraction of sp³-hybridized carbons (Fsp3) is 0.115. The van der Waals surface area contributed by atoms with Gasteiger partial charge in [0.25, 0.3) is 11.1 Å². The third-order valence-corrected chi connectivity index (χ3v) is 6.22. The predicted molar refractivity (Wildman–Crippen MR) is 132 cm³/mol. The molecule has 0 radical (unpaired) electrons. The molecule has 0 bridgehead atoms. The smallest absolute Gasteiger partial charge is 0.293 e. The number of ketones is 1. The zero-order valence-corrected chi connectivity index (χ0v) is 19.8. The maximum atomic E-state index is 12.8. The molecule has 0 aromatic heterocycles. The van der Waals surface area contributed by atoms with Crippen LogP contribution in [0.5, 0.6) is 11.5 Å². The second-order valence-electron chi connectivity index (χ2n) is 7.38. The summed E-state index contributed by atoms with van der Waals surface area (Å²) in [6.07, 6.45) is 1.60. The number of hydrogen-bond acceptors (Lipinski definition) is 6. The van der Waals surface area contributed by atoms with Crippen LogP contribution in [0.15, 0.2) is 77.7 Å². The summed E-state index contributed by atoms with van der Waals surface area (Å²) in [5.41, 5.74) is 2.06. The van der Waals surface area contributed by atoms with Crippen molar-refractivity contribution in [3.8, 4) is 11.5 Å². The van der Waals surface area contributed by atoms with Gasteiger partial charge in [-0.1, -0.05) is 60.1 Å². The van der Waals surface area contributed by atoms with E-state index in [-0.39, 0.29) is 17.2 Å². The summed E-state index contributed by atoms with van der Waals surface area (Å²) in [7, 11) is 1.53. The summed E-state index contributed by atoms with van der Waals surface area (Å²) < 4.78 is 11.3. The van der Waals surface area contributed by atoms with E-state index >= 15 is 0 Å². The molecule has 4 rings (SSSR count). The van der Waals surface area contributed by atoms with Gasteiger partial charge in [-0.3, -0.25) is 19.3 Å². The Morgan fingerprint density at radius 3 is 2.44 bits per heavy atom. The van der Waals surface area contributed by atoms with Gasteiger partial charge >= 0.3 is 0 Å². The Kier molecular flexibility index (Phi) is 7.35. The SMILES string of the molecule is COc1cc(/C=C2/SC(=O)N(CC(=O)c3ccccc3)C2=O)ccc1OCc1ccc(Cl)cc1. The third-order valence-electron chi connectivity index (χ3n) is 5.06. The van der Waals surface area contributed by atoms with Crippen molar-refractivity contribution in [2.24, 2.45) is 0 Å². The molecule has 1 fully saturated rings. The first-order valence-electron chi connectivity index (χ1n) is 10.3. The molecule has 0 atom stereocenters. The van der Waals surface area contributed by atoms with Gasteiger partial charge in [-0.05, 0) is 53.2 Å². The van der Waals surface area contributed by atoms with Gasteiger partial charge < -0.3 is 9.47 Å². The number of ether oxygens (including phenoxy) is 2. The Morgan fingerprint density at radius 1 is 1.00 bits per heavy atom. The number of rotatable bonds is 8. The van der Waals surface area contributed by atoms with Crippen LogP contribution in [0.3, 0.4) is 0 Å². The molecule has 34 heavy (non-hydrogen) atoms. The molecule has 0 saturated carbocycles. The van der Waals surface area contributed by atoms with Crippen LogP contribution >= 0.6 is 23.4 Å². The number of methoxy groups -OCH3 is 1. The van der Waals surface area contributed by atoms with E-state index in [0.29, 0.717) is 34.3 Å². The minimum atomic E-state index is -0.499. The normalized spacial score (nSPS) is 14.5. The Bertz CT molecular complexity index is 1260. The van der Waals surface area contributed by atoms with Crippen LogP contribution in [0.2, 0.25) is 5.02 Å². The van der Waals surface area contributed by atoms with Crippen molar-refractivity contribution < 1.29 is 23.9 Å². The van der Waals surface area contributed by atoms with E-state index in [1.165, 1.54) is 7.11 Å². The van der Waals surface area contributed by atoms with Crippen LogP contribution in [-0.4, -0.2) is 35.5 Å². The zero-order chi connectivity index (χ0) is 24.1. The number of halogens is 1. The molecule has 1 heterocycles. The van der Waals surface area contributed by atoms with Gasteiger partial charge in [-0.15, -0.1) is 0 Å². The number of carbonyl (C=O) groups is 3. The molecule has 172 valence electrons. The lowest BCUT2D eigenvalue weighted by Gasteiger charge is -2.12. The molecule has 1 saturated heterocycles. The second-order valence-corrected chi connectivity index (χ2v) is 8.81. The van der Waals surface area contributed by atoms with Crippen molar-refractivity contribution >= 4 is 46.4 Å². The van der Waals surface area contributed by atoms with Gasteiger partial charge in [-0.25, -0.2) is 0 Å². The van der Waals surface area contributed by atoms with E-state index < -0.39 is 11.1 Å². The number of Topliss-reactive ketones (excluding diaryl/α,β-unsaturated/α-hetero) is 1. The number of amides is 2. The van der Waals surface area contributed by atoms with Crippen LogP contribution in [0.1, 0.15) is 21.5 Å². The van der Waals surface area contributed by atoms with Gasteiger partial charge in [0.05, 0.1) is 18.6 Å². The summed E-state index contributed by atoms with van der Waals surface area (Å²) >= 11 is 6.72. The number of nitrogens with zero attached hydrogens (tertiary/aromatic N) is 1. The Hall–Kier alpha value is -3.55. The summed E-state index contributed by atoms with van der Waals surface area (Å²) in [6.45, 7) is 0.0357. The minimum absolute atomic E-state index is 0.239. The first kappa shape index (κ1) is 23.6. The van der Waals surface area contributed by atoms with Crippen molar-refractivity contribution in [1.29, 1.82) is 0 Å². The second kappa shape index (κ2) is 10.6. The van der Waals surface area contributed by atoms with E-state index in [4.69, 9.17) is 21.1 Å². The fourth-order valence-corrected chi connectivity index (χ4v) is 4.25. The van der Waals surface area contributed by atoms with Crippen LogP contribution in [0, 0.1) is 0 Å². The van der Waals surface area contributed by atoms with E-state index in [1.54, 1.807) is 66.7 Å². The molecule has 0 N–H and O–H groups in total. The van der Waals surface area contributed by atoms with Crippen LogP contribution in [0.4, 0.5) is 4.79 Å². The van der Waals surface area contributed by atoms with Gasteiger partial charge in [0.1, 0.15) is 6.61 Å². The molecule has 3 aromatic carbocycles. The molecule has 6 nitrogen and oxygen atoms in total.